The zero-order valence-corrected chi connectivity index (χ0v) is 12.0. The zero-order chi connectivity index (χ0) is 14.4. The lowest BCUT2D eigenvalue weighted by molar-refractivity contribution is -0.134. The molecule has 0 spiro atoms. The summed E-state index contributed by atoms with van der Waals surface area (Å²) in [5, 5.41) is 6.00. The number of hydrogen-bond donors (Lipinski definition) is 2. The van der Waals surface area contributed by atoms with Crippen molar-refractivity contribution in [3.05, 3.63) is 29.8 Å². The summed E-state index contributed by atoms with van der Waals surface area (Å²) in [6, 6.07) is 7.85. The molecule has 1 heterocycles. The quantitative estimate of drug-likeness (QED) is 0.839. The van der Waals surface area contributed by atoms with Gasteiger partial charge in [0.15, 0.2) is 0 Å². The fourth-order valence-corrected chi connectivity index (χ4v) is 2.04. The van der Waals surface area contributed by atoms with Gasteiger partial charge in [0.2, 0.25) is 0 Å². The van der Waals surface area contributed by atoms with Gasteiger partial charge in [0, 0.05) is 13.1 Å². The molecule has 1 aromatic carbocycles. The van der Waals surface area contributed by atoms with Crippen LogP contribution in [0.15, 0.2) is 24.3 Å². The van der Waals surface area contributed by atoms with Crippen molar-refractivity contribution in [1.82, 2.24) is 10.6 Å². The Balaban J connectivity index is 1.76. The Labute approximate surface area is 119 Å². The highest BCUT2D eigenvalue weighted by molar-refractivity contribution is 5.81. The SMILES string of the molecule is Cc1ccccc1OC(C)CNC(=O)C1CNCCO1. The van der Waals surface area contributed by atoms with Gasteiger partial charge in [0.05, 0.1) is 13.2 Å². The van der Waals surface area contributed by atoms with Crippen LogP contribution >= 0.6 is 0 Å². The Hall–Kier alpha value is -1.59. The van der Waals surface area contributed by atoms with Gasteiger partial charge in [-0.2, -0.15) is 0 Å². The van der Waals surface area contributed by atoms with Crippen LogP contribution in [0.4, 0.5) is 0 Å². The smallest absolute Gasteiger partial charge is 0.250 e. The Morgan fingerprint density at radius 1 is 1.55 bits per heavy atom. The maximum Gasteiger partial charge on any atom is 0.250 e. The first kappa shape index (κ1) is 14.8. The van der Waals surface area contributed by atoms with Gasteiger partial charge in [0.25, 0.3) is 5.91 Å². The summed E-state index contributed by atoms with van der Waals surface area (Å²) in [6.07, 6.45) is -0.481. The third-order valence-corrected chi connectivity index (χ3v) is 3.21. The van der Waals surface area contributed by atoms with Crippen molar-refractivity contribution in [2.24, 2.45) is 0 Å². The average molecular weight is 278 g/mol. The van der Waals surface area contributed by atoms with Crippen LogP contribution in [-0.2, 0) is 9.53 Å². The van der Waals surface area contributed by atoms with Crippen molar-refractivity contribution in [3.8, 4) is 5.75 Å². The van der Waals surface area contributed by atoms with E-state index in [2.05, 4.69) is 10.6 Å². The highest BCUT2D eigenvalue weighted by Gasteiger charge is 2.21. The molecule has 0 bridgehead atoms. The highest BCUT2D eigenvalue weighted by atomic mass is 16.5. The Morgan fingerprint density at radius 2 is 2.35 bits per heavy atom. The molecule has 5 nitrogen and oxygen atoms in total. The molecular formula is C15H22N2O3. The second kappa shape index (κ2) is 7.26. The number of aryl methyl sites for hydroxylation is 1. The molecule has 1 saturated heterocycles. The van der Waals surface area contributed by atoms with Gasteiger partial charge in [-0.15, -0.1) is 0 Å². The molecule has 0 aromatic heterocycles. The van der Waals surface area contributed by atoms with Crippen LogP contribution in [0.25, 0.3) is 0 Å². The summed E-state index contributed by atoms with van der Waals surface area (Å²) < 4.78 is 11.2. The summed E-state index contributed by atoms with van der Waals surface area (Å²) in [7, 11) is 0. The molecule has 1 amide bonds. The van der Waals surface area contributed by atoms with Gasteiger partial charge in [-0.05, 0) is 25.5 Å². The Bertz CT molecular complexity index is 444. The largest absolute Gasteiger partial charge is 0.489 e. The van der Waals surface area contributed by atoms with Gasteiger partial charge in [0.1, 0.15) is 18.0 Å². The Morgan fingerprint density at radius 3 is 3.05 bits per heavy atom. The van der Waals surface area contributed by atoms with E-state index in [4.69, 9.17) is 9.47 Å². The molecule has 2 atom stereocenters. The summed E-state index contributed by atoms with van der Waals surface area (Å²) in [5.74, 6) is 0.766. The minimum atomic E-state index is -0.394. The van der Waals surface area contributed by atoms with E-state index in [1.54, 1.807) is 0 Å². The minimum absolute atomic E-state index is 0.0857. The number of ether oxygens (including phenoxy) is 2. The lowest BCUT2D eigenvalue weighted by atomic mass is 10.2. The monoisotopic (exact) mass is 278 g/mol. The lowest BCUT2D eigenvalue weighted by Gasteiger charge is -2.24. The van der Waals surface area contributed by atoms with Crippen molar-refractivity contribution >= 4 is 5.91 Å². The van der Waals surface area contributed by atoms with Crippen LogP contribution in [0.1, 0.15) is 12.5 Å². The van der Waals surface area contributed by atoms with Gasteiger partial charge < -0.3 is 20.1 Å². The summed E-state index contributed by atoms with van der Waals surface area (Å²) in [4.78, 5) is 11.9. The van der Waals surface area contributed by atoms with E-state index in [1.165, 1.54) is 0 Å². The number of amides is 1. The second-order valence-electron chi connectivity index (χ2n) is 5.00. The first-order valence-corrected chi connectivity index (χ1v) is 6.99. The zero-order valence-electron chi connectivity index (χ0n) is 12.0. The third-order valence-electron chi connectivity index (χ3n) is 3.21. The van der Waals surface area contributed by atoms with Gasteiger partial charge in [-0.1, -0.05) is 18.2 Å². The molecule has 2 unspecified atom stereocenters. The summed E-state index contributed by atoms with van der Waals surface area (Å²) in [5.41, 5.74) is 1.09. The van der Waals surface area contributed by atoms with Crippen molar-refractivity contribution < 1.29 is 14.3 Å². The maximum atomic E-state index is 11.9. The Kier molecular flexibility index (Phi) is 5.38. The van der Waals surface area contributed by atoms with Crippen molar-refractivity contribution in [1.29, 1.82) is 0 Å². The van der Waals surface area contributed by atoms with Gasteiger partial charge in [-0.25, -0.2) is 0 Å². The molecule has 20 heavy (non-hydrogen) atoms. The maximum absolute atomic E-state index is 11.9. The molecule has 1 aromatic rings. The fourth-order valence-electron chi connectivity index (χ4n) is 2.04. The molecule has 1 aliphatic heterocycles. The standard InChI is InChI=1S/C15H22N2O3/c1-11-5-3-4-6-13(11)20-12(2)9-17-15(18)14-10-16-7-8-19-14/h3-6,12,14,16H,7-10H2,1-2H3,(H,17,18). The van der Waals surface area contributed by atoms with E-state index in [-0.39, 0.29) is 12.0 Å². The number of benzene rings is 1. The van der Waals surface area contributed by atoms with E-state index >= 15 is 0 Å². The minimum Gasteiger partial charge on any atom is -0.489 e. The number of carbonyl (C=O) groups is 1. The first-order chi connectivity index (χ1) is 9.66. The average Bonchev–Trinajstić information content (AvgIpc) is 2.48. The second-order valence-corrected chi connectivity index (χ2v) is 5.00. The molecule has 0 radical (unpaired) electrons. The molecule has 2 rings (SSSR count). The molecule has 1 fully saturated rings. The third kappa shape index (κ3) is 4.21. The molecule has 5 heteroatoms. The van der Waals surface area contributed by atoms with Crippen LogP contribution in [0.5, 0.6) is 5.75 Å². The molecule has 0 saturated carbocycles. The van der Waals surface area contributed by atoms with Crippen LogP contribution in [0, 0.1) is 6.92 Å². The highest BCUT2D eigenvalue weighted by Crippen LogP contribution is 2.17. The van der Waals surface area contributed by atoms with Crippen LogP contribution < -0.4 is 15.4 Å². The lowest BCUT2D eigenvalue weighted by Crippen LogP contribution is -2.49. The first-order valence-electron chi connectivity index (χ1n) is 6.99. The van der Waals surface area contributed by atoms with Gasteiger partial charge >= 0.3 is 0 Å². The van der Waals surface area contributed by atoms with Gasteiger partial charge in [-0.3, -0.25) is 4.79 Å². The summed E-state index contributed by atoms with van der Waals surface area (Å²) in [6.45, 7) is 6.35. The molecule has 0 aliphatic carbocycles. The van der Waals surface area contributed by atoms with E-state index in [0.717, 1.165) is 17.9 Å². The normalized spacial score (nSPS) is 20.2. The molecular weight excluding hydrogens is 256 g/mol. The van der Waals surface area contributed by atoms with Crippen LogP contribution in [-0.4, -0.2) is 44.4 Å². The van der Waals surface area contributed by atoms with Crippen LogP contribution in [0.2, 0.25) is 0 Å². The van der Waals surface area contributed by atoms with E-state index in [1.807, 2.05) is 38.1 Å². The number of para-hydroxylation sites is 1. The number of hydrogen-bond acceptors (Lipinski definition) is 4. The molecule has 2 N–H and O–H groups in total. The molecule has 110 valence electrons. The number of morpholine rings is 1. The van der Waals surface area contributed by atoms with E-state index in [0.29, 0.717) is 19.7 Å². The topological polar surface area (TPSA) is 59.6 Å². The van der Waals surface area contributed by atoms with E-state index in [9.17, 15) is 4.79 Å². The van der Waals surface area contributed by atoms with Crippen LogP contribution in [0.3, 0.4) is 0 Å². The van der Waals surface area contributed by atoms with E-state index < -0.39 is 6.10 Å². The number of rotatable bonds is 5. The number of carbonyl (C=O) groups excluding carboxylic acids is 1. The predicted octanol–water partition coefficient (Wildman–Crippen LogP) is 0.867. The fraction of sp³-hybridized carbons (Fsp3) is 0.533. The number of nitrogens with one attached hydrogen (secondary N) is 2. The van der Waals surface area contributed by atoms with Crippen molar-refractivity contribution in [2.75, 3.05) is 26.2 Å². The molecule has 1 aliphatic rings. The summed E-state index contributed by atoms with van der Waals surface area (Å²) >= 11 is 0. The van der Waals surface area contributed by atoms with Crippen molar-refractivity contribution in [3.63, 3.8) is 0 Å². The predicted molar refractivity (Wildman–Crippen MR) is 76.9 cm³/mol. The van der Waals surface area contributed by atoms with Crippen molar-refractivity contribution in [2.45, 2.75) is 26.1 Å².